The molecule has 0 aliphatic rings. The summed E-state index contributed by atoms with van der Waals surface area (Å²) < 4.78 is 13.8. The zero-order valence-corrected chi connectivity index (χ0v) is 19.7. The molecule has 5 rings (SSSR count). The molecule has 0 fully saturated rings. The number of ether oxygens (including phenoxy) is 1. The molecule has 0 unspecified atom stereocenters. The molecule has 5 heterocycles. The summed E-state index contributed by atoms with van der Waals surface area (Å²) >= 11 is 1.24. The Morgan fingerprint density at radius 1 is 1.17 bits per heavy atom. The second-order valence-corrected chi connectivity index (χ2v) is 8.65. The number of esters is 1. The first-order valence-corrected chi connectivity index (χ1v) is 11.7. The van der Waals surface area contributed by atoms with Crippen molar-refractivity contribution in [2.45, 2.75) is 20.4 Å². The van der Waals surface area contributed by atoms with E-state index in [9.17, 15) is 14.4 Å². The average molecular weight is 489 g/mol. The van der Waals surface area contributed by atoms with Gasteiger partial charge in [-0.25, -0.2) is 9.78 Å². The van der Waals surface area contributed by atoms with E-state index in [1.807, 2.05) is 13.0 Å². The third-order valence-electron chi connectivity index (χ3n) is 5.43. The van der Waals surface area contributed by atoms with Crippen LogP contribution in [0.4, 0.5) is 0 Å². The fraction of sp³-hybridized carbons (Fsp3) is 0.160. The van der Waals surface area contributed by atoms with Crippen molar-refractivity contribution in [3.63, 3.8) is 0 Å². The summed E-state index contributed by atoms with van der Waals surface area (Å²) in [7, 11) is 0. The predicted molar refractivity (Wildman–Crippen MR) is 130 cm³/mol. The standard InChI is InChI=1S/C25H20N4O5S/c1-3-33-25(32)18-13-17-21(26-20-15(2)7-4-10-28(20)24(17)31)29(14-16-8-5-11-34-16)22(18)27-23(30)19-9-6-12-35-19/h4-13H,3,14H2,1-2H3. The molecule has 1 amide bonds. The highest BCUT2D eigenvalue weighted by atomic mass is 32.1. The van der Waals surface area contributed by atoms with Crippen LogP contribution in [0.3, 0.4) is 0 Å². The maximum Gasteiger partial charge on any atom is 0.341 e. The van der Waals surface area contributed by atoms with Gasteiger partial charge in [0, 0.05) is 6.20 Å². The Hall–Kier alpha value is -4.31. The Morgan fingerprint density at radius 3 is 2.74 bits per heavy atom. The maximum atomic E-state index is 13.5. The number of amides is 1. The van der Waals surface area contributed by atoms with Crippen molar-refractivity contribution in [2.24, 2.45) is 4.99 Å². The molecule has 0 atom stereocenters. The van der Waals surface area contributed by atoms with Gasteiger partial charge in [0.15, 0.2) is 5.49 Å². The van der Waals surface area contributed by atoms with Crippen molar-refractivity contribution in [1.29, 1.82) is 0 Å². The van der Waals surface area contributed by atoms with Crippen molar-refractivity contribution in [2.75, 3.05) is 6.61 Å². The number of aromatic nitrogens is 3. The van der Waals surface area contributed by atoms with E-state index in [2.05, 4.69) is 4.99 Å². The second kappa shape index (κ2) is 9.15. The summed E-state index contributed by atoms with van der Waals surface area (Å²) in [6, 6.07) is 11.9. The molecule has 5 aromatic heterocycles. The Balaban J connectivity index is 1.93. The molecular formula is C25H20N4O5S. The van der Waals surface area contributed by atoms with E-state index in [0.29, 0.717) is 16.3 Å². The number of furan rings is 1. The highest BCUT2D eigenvalue weighted by Gasteiger charge is 2.21. The number of hydrogen-bond donors (Lipinski definition) is 0. The van der Waals surface area contributed by atoms with Crippen LogP contribution >= 0.6 is 11.3 Å². The minimum absolute atomic E-state index is 0.0117. The predicted octanol–water partition coefficient (Wildman–Crippen LogP) is 3.58. The summed E-state index contributed by atoms with van der Waals surface area (Å²) in [5.41, 5.74) is 1.18. The molecule has 35 heavy (non-hydrogen) atoms. The van der Waals surface area contributed by atoms with E-state index in [1.165, 1.54) is 28.1 Å². The molecule has 10 heteroatoms. The molecule has 0 spiro atoms. The normalized spacial score (nSPS) is 11.9. The van der Waals surface area contributed by atoms with Gasteiger partial charge in [-0.2, -0.15) is 4.99 Å². The fourth-order valence-electron chi connectivity index (χ4n) is 3.83. The minimum Gasteiger partial charge on any atom is -0.467 e. The van der Waals surface area contributed by atoms with Crippen LogP contribution in [0.2, 0.25) is 0 Å². The molecule has 0 bridgehead atoms. The van der Waals surface area contributed by atoms with E-state index in [0.717, 1.165) is 5.56 Å². The van der Waals surface area contributed by atoms with Crippen LogP contribution in [0.1, 0.15) is 38.3 Å². The number of carbonyl (C=O) groups excluding carboxylic acids is 2. The van der Waals surface area contributed by atoms with Gasteiger partial charge in [-0.3, -0.25) is 14.0 Å². The lowest BCUT2D eigenvalue weighted by Gasteiger charge is -2.15. The average Bonchev–Trinajstić information content (AvgIpc) is 3.56. The summed E-state index contributed by atoms with van der Waals surface area (Å²) in [4.78, 5) is 49.0. The first-order chi connectivity index (χ1) is 17.0. The highest BCUT2D eigenvalue weighted by molar-refractivity contribution is 7.12. The van der Waals surface area contributed by atoms with Crippen molar-refractivity contribution < 1.29 is 18.7 Å². The number of nitrogens with zero attached hydrogens (tertiary/aromatic N) is 4. The van der Waals surface area contributed by atoms with E-state index in [-0.39, 0.29) is 40.8 Å². The van der Waals surface area contributed by atoms with Crippen molar-refractivity contribution in [3.05, 3.63) is 97.9 Å². The third-order valence-corrected chi connectivity index (χ3v) is 6.29. The molecule has 176 valence electrons. The van der Waals surface area contributed by atoms with Gasteiger partial charge >= 0.3 is 5.97 Å². The quantitative estimate of drug-likeness (QED) is 0.276. The molecule has 0 aliphatic carbocycles. The van der Waals surface area contributed by atoms with Gasteiger partial charge in [0.1, 0.15) is 22.6 Å². The van der Waals surface area contributed by atoms with Crippen LogP contribution in [0, 0.1) is 6.92 Å². The molecule has 0 radical (unpaired) electrons. The molecule has 0 saturated carbocycles. The zero-order chi connectivity index (χ0) is 24.5. The zero-order valence-electron chi connectivity index (χ0n) is 18.9. The van der Waals surface area contributed by atoms with Crippen molar-refractivity contribution in [1.82, 2.24) is 14.0 Å². The van der Waals surface area contributed by atoms with Crippen LogP contribution in [0.15, 0.2) is 74.5 Å². The molecule has 5 aromatic rings. The summed E-state index contributed by atoms with van der Waals surface area (Å²) in [6.07, 6.45) is 3.14. The van der Waals surface area contributed by atoms with Gasteiger partial charge in [0.2, 0.25) is 0 Å². The van der Waals surface area contributed by atoms with Crippen LogP contribution < -0.4 is 11.0 Å². The Kier molecular flexibility index (Phi) is 5.87. The number of carbonyl (C=O) groups is 2. The first kappa shape index (κ1) is 22.5. The number of fused-ring (bicyclic) bond motifs is 2. The number of rotatable bonds is 5. The maximum absolute atomic E-state index is 13.5. The topological polar surface area (TPSA) is 108 Å². The Morgan fingerprint density at radius 2 is 2.03 bits per heavy atom. The molecule has 0 saturated heterocycles. The first-order valence-electron chi connectivity index (χ1n) is 10.9. The smallest absolute Gasteiger partial charge is 0.341 e. The van der Waals surface area contributed by atoms with Gasteiger partial charge in [0.25, 0.3) is 11.5 Å². The highest BCUT2D eigenvalue weighted by Crippen LogP contribution is 2.16. The van der Waals surface area contributed by atoms with Crippen LogP contribution in [0.25, 0.3) is 16.7 Å². The second-order valence-electron chi connectivity index (χ2n) is 7.70. The fourth-order valence-corrected chi connectivity index (χ4v) is 4.43. The molecule has 0 N–H and O–H groups in total. The number of aryl methyl sites for hydroxylation is 1. The largest absolute Gasteiger partial charge is 0.467 e. The van der Waals surface area contributed by atoms with Gasteiger partial charge in [-0.05, 0) is 55.1 Å². The number of hydrogen-bond acceptors (Lipinski definition) is 7. The number of pyridine rings is 2. The SMILES string of the molecule is CCOC(=O)c1cc2c(=O)n3cccc(C)c3nc2n(Cc2ccco2)c1=NC(=O)c1cccs1. The monoisotopic (exact) mass is 488 g/mol. The van der Waals surface area contributed by atoms with Gasteiger partial charge in [-0.1, -0.05) is 12.1 Å². The van der Waals surface area contributed by atoms with E-state index < -0.39 is 11.9 Å². The Bertz CT molecular complexity index is 1700. The van der Waals surface area contributed by atoms with E-state index in [4.69, 9.17) is 14.1 Å². The summed E-state index contributed by atoms with van der Waals surface area (Å²) in [5, 5.41) is 1.95. The van der Waals surface area contributed by atoms with Crippen LogP contribution in [-0.4, -0.2) is 32.4 Å². The van der Waals surface area contributed by atoms with Gasteiger partial charge in [-0.15, -0.1) is 11.3 Å². The minimum atomic E-state index is -0.700. The van der Waals surface area contributed by atoms with Crippen LogP contribution in [0.5, 0.6) is 0 Å². The molecule has 9 nitrogen and oxygen atoms in total. The van der Waals surface area contributed by atoms with Gasteiger partial charge in [0.05, 0.1) is 29.7 Å². The third kappa shape index (κ3) is 4.08. The van der Waals surface area contributed by atoms with E-state index in [1.54, 1.807) is 53.4 Å². The van der Waals surface area contributed by atoms with Crippen LogP contribution in [-0.2, 0) is 11.3 Å². The lowest BCUT2D eigenvalue weighted by Crippen LogP contribution is -2.33. The summed E-state index contributed by atoms with van der Waals surface area (Å²) in [5.74, 6) is -0.690. The van der Waals surface area contributed by atoms with E-state index >= 15 is 0 Å². The van der Waals surface area contributed by atoms with Gasteiger partial charge < -0.3 is 13.7 Å². The Labute approximate surface area is 202 Å². The lowest BCUT2D eigenvalue weighted by atomic mass is 10.2. The number of thiophene rings is 1. The molecule has 0 aromatic carbocycles. The summed E-state index contributed by atoms with van der Waals surface area (Å²) in [6.45, 7) is 3.72. The molecule has 0 aliphatic heterocycles. The van der Waals surface area contributed by atoms with Crippen molar-refractivity contribution in [3.8, 4) is 0 Å². The molecular weight excluding hydrogens is 468 g/mol. The lowest BCUT2D eigenvalue weighted by molar-refractivity contribution is 0.0523. The van der Waals surface area contributed by atoms with Crippen molar-refractivity contribution >= 4 is 39.9 Å².